The maximum absolute atomic E-state index is 12.6. The highest BCUT2D eigenvalue weighted by molar-refractivity contribution is 5.93. The van der Waals surface area contributed by atoms with E-state index in [1.807, 2.05) is 49.3 Å². The van der Waals surface area contributed by atoms with Crippen molar-refractivity contribution >= 4 is 17.6 Å². The molecule has 0 bridgehead atoms. The van der Waals surface area contributed by atoms with Crippen molar-refractivity contribution in [3.05, 3.63) is 48.2 Å². The van der Waals surface area contributed by atoms with Gasteiger partial charge in [-0.25, -0.2) is 0 Å². The Kier molecular flexibility index (Phi) is 7.16. The molecule has 2 amide bonds. The third kappa shape index (κ3) is 6.76. The molecule has 0 aliphatic carbocycles. The summed E-state index contributed by atoms with van der Waals surface area (Å²) in [4.78, 5) is 28.3. The summed E-state index contributed by atoms with van der Waals surface area (Å²) in [6.07, 6.45) is 2.40. The van der Waals surface area contributed by atoms with Gasteiger partial charge in [0.2, 0.25) is 11.8 Å². The highest BCUT2D eigenvalue weighted by Crippen LogP contribution is 2.06. The van der Waals surface area contributed by atoms with Crippen molar-refractivity contribution < 1.29 is 14.1 Å². The number of hydrogen-bond donors (Lipinski definition) is 1. The van der Waals surface area contributed by atoms with Gasteiger partial charge in [0.25, 0.3) is 0 Å². The van der Waals surface area contributed by atoms with Crippen LogP contribution in [0.5, 0.6) is 0 Å². The molecule has 134 valence electrons. The Balaban J connectivity index is 1.91. The molecule has 1 aromatic heterocycles. The van der Waals surface area contributed by atoms with Crippen LogP contribution in [0.3, 0.4) is 0 Å². The number of likely N-dealkylation sites (N-methyl/N-ethyl adjacent to an activating group) is 1. The minimum Gasteiger partial charge on any atom is -0.363 e. The van der Waals surface area contributed by atoms with Crippen molar-refractivity contribution in [2.24, 2.45) is 0 Å². The van der Waals surface area contributed by atoms with Gasteiger partial charge >= 0.3 is 0 Å². The van der Waals surface area contributed by atoms with Crippen molar-refractivity contribution in [1.29, 1.82) is 0 Å². The molecule has 0 aliphatic heterocycles. The molecule has 2 aromatic rings. The Labute approximate surface area is 147 Å². The smallest absolute Gasteiger partial charge is 0.245 e. The molecule has 0 spiro atoms. The Bertz CT molecular complexity index is 656. The summed E-state index contributed by atoms with van der Waals surface area (Å²) >= 11 is 0. The number of hydrogen-bond acceptors (Lipinski definition) is 5. The normalized spacial score (nSPS) is 10.7. The van der Waals surface area contributed by atoms with Crippen LogP contribution in [0.4, 0.5) is 5.82 Å². The molecule has 0 atom stereocenters. The first-order valence-electron chi connectivity index (χ1n) is 8.21. The Morgan fingerprint density at radius 3 is 2.52 bits per heavy atom. The maximum Gasteiger partial charge on any atom is 0.245 e. The quantitative estimate of drug-likeness (QED) is 0.748. The second-order valence-electron chi connectivity index (χ2n) is 6.04. The molecule has 0 saturated heterocycles. The number of amides is 2. The van der Waals surface area contributed by atoms with Crippen LogP contribution in [0, 0.1) is 0 Å². The minimum atomic E-state index is -0.291. The van der Waals surface area contributed by atoms with E-state index in [2.05, 4.69) is 15.0 Å². The van der Waals surface area contributed by atoms with Crippen LogP contribution in [0.25, 0.3) is 0 Å². The van der Waals surface area contributed by atoms with Crippen molar-refractivity contribution in [1.82, 2.24) is 15.0 Å². The van der Waals surface area contributed by atoms with Gasteiger partial charge in [0.1, 0.15) is 6.26 Å². The molecule has 0 radical (unpaired) electrons. The van der Waals surface area contributed by atoms with Gasteiger partial charge in [-0.2, -0.15) is 0 Å². The Hall–Kier alpha value is -2.67. The van der Waals surface area contributed by atoms with Crippen LogP contribution in [0.2, 0.25) is 0 Å². The molecular formula is C18H24N4O3. The largest absolute Gasteiger partial charge is 0.363 e. The topological polar surface area (TPSA) is 78.7 Å². The molecule has 0 fully saturated rings. The Morgan fingerprint density at radius 2 is 1.88 bits per heavy atom. The van der Waals surface area contributed by atoms with E-state index in [9.17, 15) is 9.59 Å². The van der Waals surface area contributed by atoms with Gasteiger partial charge in [-0.15, -0.1) is 0 Å². The monoisotopic (exact) mass is 344 g/mol. The zero-order valence-corrected chi connectivity index (χ0v) is 14.6. The zero-order chi connectivity index (χ0) is 18.1. The summed E-state index contributed by atoms with van der Waals surface area (Å²) in [6.45, 7) is 1.18. The maximum atomic E-state index is 12.6. The molecule has 2 rings (SSSR count). The van der Waals surface area contributed by atoms with Crippen LogP contribution >= 0.6 is 0 Å². The standard InChI is InChI=1S/C18H24N4O3/c1-21(2)11-12-22(14-17(23)19-16-10-13-25-20-16)18(24)9-8-15-6-4-3-5-7-15/h3-7,10,13H,8-9,11-12,14H2,1-2H3,(H,19,20,23). The molecule has 7 nitrogen and oxygen atoms in total. The zero-order valence-electron chi connectivity index (χ0n) is 14.6. The third-order valence-corrected chi connectivity index (χ3v) is 3.68. The molecule has 7 heteroatoms. The van der Waals surface area contributed by atoms with Crippen LogP contribution in [-0.4, -0.2) is 60.5 Å². The lowest BCUT2D eigenvalue weighted by molar-refractivity contribution is -0.134. The van der Waals surface area contributed by atoms with Crippen LogP contribution in [-0.2, 0) is 16.0 Å². The Morgan fingerprint density at radius 1 is 1.12 bits per heavy atom. The lowest BCUT2D eigenvalue weighted by atomic mass is 10.1. The van der Waals surface area contributed by atoms with E-state index in [1.54, 1.807) is 11.0 Å². The number of nitrogens with one attached hydrogen (secondary N) is 1. The highest BCUT2D eigenvalue weighted by atomic mass is 16.5. The van der Waals surface area contributed by atoms with Gasteiger partial charge in [0, 0.05) is 25.6 Å². The van der Waals surface area contributed by atoms with Gasteiger partial charge < -0.3 is 19.6 Å². The minimum absolute atomic E-state index is 0.00563. The summed E-state index contributed by atoms with van der Waals surface area (Å²) in [5, 5.41) is 6.26. The van der Waals surface area contributed by atoms with Gasteiger partial charge in [0.15, 0.2) is 5.82 Å². The molecule has 1 N–H and O–H groups in total. The first-order chi connectivity index (χ1) is 12.0. The van der Waals surface area contributed by atoms with E-state index in [4.69, 9.17) is 0 Å². The molecular weight excluding hydrogens is 320 g/mol. The van der Waals surface area contributed by atoms with E-state index >= 15 is 0 Å². The molecule has 1 aromatic carbocycles. The predicted octanol–water partition coefficient (Wildman–Crippen LogP) is 1.64. The fourth-order valence-electron chi connectivity index (χ4n) is 2.30. The van der Waals surface area contributed by atoms with Gasteiger partial charge in [0.05, 0.1) is 6.54 Å². The number of benzene rings is 1. The van der Waals surface area contributed by atoms with E-state index in [1.165, 1.54) is 6.26 Å². The summed E-state index contributed by atoms with van der Waals surface area (Å²) in [5.41, 5.74) is 1.11. The number of nitrogens with zero attached hydrogens (tertiary/aromatic N) is 3. The average Bonchev–Trinajstić information content (AvgIpc) is 3.10. The van der Waals surface area contributed by atoms with Crippen molar-refractivity contribution in [2.75, 3.05) is 39.0 Å². The van der Waals surface area contributed by atoms with Crippen molar-refractivity contribution in [2.45, 2.75) is 12.8 Å². The van der Waals surface area contributed by atoms with E-state index in [0.29, 0.717) is 31.7 Å². The fraction of sp³-hybridized carbons (Fsp3) is 0.389. The number of aryl methyl sites for hydroxylation is 1. The van der Waals surface area contributed by atoms with Crippen LogP contribution in [0.1, 0.15) is 12.0 Å². The lowest BCUT2D eigenvalue weighted by Crippen LogP contribution is -2.41. The summed E-state index contributed by atoms with van der Waals surface area (Å²) in [5.74, 6) is 0.0102. The first-order valence-corrected chi connectivity index (χ1v) is 8.21. The molecule has 1 heterocycles. The lowest BCUT2D eigenvalue weighted by Gasteiger charge is -2.24. The summed E-state index contributed by atoms with van der Waals surface area (Å²) in [7, 11) is 3.87. The summed E-state index contributed by atoms with van der Waals surface area (Å²) < 4.78 is 4.68. The molecule has 25 heavy (non-hydrogen) atoms. The van der Waals surface area contributed by atoms with Gasteiger partial charge in [-0.1, -0.05) is 35.5 Å². The van der Waals surface area contributed by atoms with Crippen molar-refractivity contribution in [3.63, 3.8) is 0 Å². The SMILES string of the molecule is CN(C)CCN(CC(=O)Nc1ccon1)C(=O)CCc1ccccc1. The second-order valence-corrected chi connectivity index (χ2v) is 6.04. The van der Waals surface area contributed by atoms with Gasteiger partial charge in [-0.3, -0.25) is 9.59 Å². The van der Waals surface area contributed by atoms with Crippen LogP contribution < -0.4 is 5.32 Å². The molecule has 0 unspecified atom stereocenters. The van der Waals surface area contributed by atoms with E-state index in [-0.39, 0.29) is 18.4 Å². The number of aromatic nitrogens is 1. The first kappa shape index (κ1) is 18.7. The van der Waals surface area contributed by atoms with Crippen LogP contribution in [0.15, 0.2) is 47.2 Å². The fourth-order valence-corrected chi connectivity index (χ4v) is 2.30. The summed E-state index contributed by atoms with van der Waals surface area (Å²) in [6, 6.07) is 11.4. The highest BCUT2D eigenvalue weighted by Gasteiger charge is 2.18. The van der Waals surface area contributed by atoms with E-state index < -0.39 is 0 Å². The molecule has 0 saturated carbocycles. The predicted molar refractivity (Wildman–Crippen MR) is 95.0 cm³/mol. The number of anilines is 1. The number of carbonyl (C=O) groups excluding carboxylic acids is 2. The third-order valence-electron chi connectivity index (χ3n) is 3.68. The van der Waals surface area contributed by atoms with E-state index in [0.717, 1.165) is 5.56 Å². The number of carbonyl (C=O) groups is 2. The second kappa shape index (κ2) is 9.58. The van der Waals surface area contributed by atoms with Crippen molar-refractivity contribution in [3.8, 4) is 0 Å². The number of rotatable bonds is 9. The average molecular weight is 344 g/mol. The molecule has 0 aliphatic rings. The van der Waals surface area contributed by atoms with Gasteiger partial charge in [-0.05, 0) is 26.1 Å².